The number of hydrogen-bond acceptors (Lipinski definition) is 11. The summed E-state index contributed by atoms with van der Waals surface area (Å²) in [7, 11) is -4.18. The summed E-state index contributed by atoms with van der Waals surface area (Å²) < 4.78 is 90.7. The van der Waals surface area contributed by atoms with Gasteiger partial charge in [-0.3, -0.25) is 14.4 Å². The number of fused-ring (bicyclic) bond motifs is 5. The summed E-state index contributed by atoms with van der Waals surface area (Å²) in [5.74, 6) is 2.26. The van der Waals surface area contributed by atoms with E-state index in [0.717, 1.165) is 25.9 Å². The van der Waals surface area contributed by atoms with Crippen LogP contribution in [-0.2, 0) is 41.7 Å². The Kier molecular flexibility index (Phi) is 12.8. The lowest BCUT2D eigenvalue weighted by atomic mass is 9.75. The molecule has 3 fully saturated rings. The van der Waals surface area contributed by atoms with Gasteiger partial charge >= 0.3 is 12.3 Å². The van der Waals surface area contributed by atoms with Crippen LogP contribution in [0.4, 0.5) is 18.0 Å². The predicted molar refractivity (Wildman–Crippen MR) is 232 cm³/mol. The maximum Gasteiger partial charge on any atom is 0.437 e. The maximum atomic E-state index is 15.0. The molecule has 0 radical (unpaired) electrons. The zero-order valence-electron chi connectivity index (χ0n) is 36.9. The summed E-state index contributed by atoms with van der Waals surface area (Å²) in [6.45, 7) is 7.12. The number of alkyl halides is 3. The van der Waals surface area contributed by atoms with Gasteiger partial charge in [-0.05, 0) is 108 Å². The van der Waals surface area contributed by atoms with Crippen LogP contribution in [0.25, 0.3) is 10.9 Å². The minimum Gasteiger partial charge on any atom is -0.493 e. The van der Waals surface area contributed by atoms with Crippen LogP contribution in [0.5, 0.6) is 11.5 Å². The Morgan fingerprint density at radius 1 is 1.09 bits per heavy atom. The van der Waals surface area contributed by atoms with E-state index in [9.17, 15) is 27.6 Å². The first-order chi connectivity index (χ1) is 30.8. The maximum absolute atomic E-state index is 15.0. The molecule has 19 heteroatoms. The number of aromatic nitrogens is 1. The molecule has 5 heterocycles. The number of amides is 4. The van der Waals surface area contributed by atoms with Gasteiger partial charge in [0, 0.05) is 17.4 Å². The van der Waals surface area contributed by atoms with E-state index >= 15 is 13.2 Å². The molecule has 8 rings (SSSR count). The lowest BCUT2D eigenvalue weighted by molar-refractivity contribution is -0.144. The number of halogens is 3. The van der Waals surface area contributed by atoms with E-state index in [1.807, 2.05) is 13.8 Å². The number of piperidine rings is 1. The highest BCUT2D eigenvalue weighted by Crippen LogP contribution is 2.49. The Labute approximate surface area is 376 Å². The highest BCUT2D eigenvalue weighted by molar-refractivity contribution is 7.91. The summed E-state index contributed by atoms with van der Waals surface area (Å²) in [5.41, 5.74) is -4.52. The molecule has 65 heavy (non-hydrogen) atoms. The Balaban J connectivity index is 1.15. The number of ether oxygens (including phenoxy) is 3. The first kappa shape index (κ1) is 46.4. The number of hydrogen-bond donors (Lipinski definition) is 4. The Morgan fingerprint density at radius 3 is 2.55 bits per heavy atom. The van der Waals surface area contributed by atoms with Crippen molar-refractivity contribution in [3.63, 3.8) is 0 Å². The molecule has 1 aromatic heterocycles. The van der Waals surface area contributed by atoms with E-state index in [2.05, 4.69) is 37.5 Å². The Morgan fingerprint density at radius 2 is 1.86 bits per heavy atom. The van der Waals surface area contributed by atoms with E-state index in [0.29, 0.717) is 62.2 Å². The van der Waals surface area contributed by atoms with Crippen molar-refractivity contribution in [2.45, 2.75) is 132 Å². The standard InChI is InChI=1S/C46H57F3N6O9S/c1-28(2)25-63-42(59)52-35-10-8-6-4-5-7-9-30-13-18-45(30,41(58)54-65(60,61)43(3)19-20-43)53-39(56)36-24-44(27-55(36)40(35)57)17-14-32-33-23-31(62-26-29-15-21-50-22-16-29)11-12-34(33)51-38(37(32)64-44)46(47,48)49/h7,9,11-12,23,28-30,35-36,50H,4-6,8,10,14-17,19-22,24-27H2,1-3H3,(H,52,59)(H,53,56)(H,54,58). The minimum absolute atomic E-state index is 0.00742. The van der Waals surface area contributed by atoms with Crippen molar-refractivity contribution in [2.75, 3.05) is 32.8 Å². The number of alkyl carbamates (subject to hydrolysis) is 1. The van der Waals surface area contributed by atoms with E-state index in [4.69, 9.17) is 14.2 Å². The van der Waals surface area contributed by atoms with Crippen LogP contribution in [0, 0.1) is 29.6 Å². The van der Waals surface area contributed by atoms with Crippen LogP contribution in [0.15, 0.2) is 30.4 Å². The quantitative estimate of drug-likeness (QED) is 0.194. The third-order valence-electron chi connectivity index (χ3n) is 13.6. The molecule has 15 nitrogen and oxygen atoms in total. The van der Waals surface area contributed by atoms with Gasteiger partial charge in [0.25, 0.3) is 5.91 Å². The second-order valence-electron chi connectivity index (χ2n) is 19.1. The van der Waals surface area contributed by atoms with Gasteiger partial charge in [0.15, 0.2) is 17.0 Å². The fraction of sp³-hybridized carbons (Fsp3) is 0.630. The molecule has 1 spiro atoms. The summed E-state index contributed by atoms with van der Waals surface area (Å²) in [6.07, 6.45) is 2.49. The van der Waals surface area contributed by atoms with Gasteiger partial charge in [-0.2, -0.15) is 13.2 Å². The van der Waals surface area contributed by atoms with E-state index in [1.165, 1.54) is 17.9 Å². The number of rotatable bonds is 9. The SMILES string of the molecule is CC(C)COC(=O)NC1CCCCCC=CC2C#CC2(C(=O)NS(=O)(=O)C2(C)CC2)NC(=O)C2CC3(CCc4c(c(C(F)(F)F)nc5ccc(OCC6CCNCC6)cc45)O3)CN2C1=O. The zero-order valence-corrected chi connectivity index (χ0v) is 37.7. The van der Waals surface area contributed by atoms with Gasteiger partial charge in [-0.1, -0.05) is 50.7 Å². The lowest BCUT2D eigenvalue weighted by Crippen LogP contribution is -2.68. The monoisotopic (exact) mass is 926 g/mol. The molecule has 4 amide bonds. The first-order valence-corrected chi connectivity index (χ1v) is 24.2. The highest BCUT2D eigenvalue weighted by Gasteiger charge is 2.59. The molecule has 6 aliphatic rings. The molecule has 2 aromatic rings. The molecule has 5 unspecified atom stereocenters. The molecule has 1 aromatic carbocycles. The second-order valence-corrected chi connectivity index (χ2v) is 21.3. The van der Waals surface area contributed by atoms with Gasteiger partial charge < -0.3 is 35.1 Å². The summed E-state index contributed by atoms with van der Waals surface area (Å²) in [4.78, 5) is 62.2. The van der Waals surface area contributed by atoms with Crippen LogP contribution >= 0.6 is 0 Å². The molecule has 0 bridgehead atoms. The van der Waals surface area contributed by atoms with Crippen molar-refractivity contribution >= 4 is 44.7 Å². The number of carbonyl (C=O) groups excluding carboxylic acids is 4. The summed E-state index contributed by atoms with van der Waals surface area (Å²) in [6, 6.07) is 2.11. The number of sulfonamides is 1. The molecule has 1 saturated carbocycles. The second kappa shape index (κ2) is 17.9. The Bertz CT molecular complexity index is 2430. The lowest BCUT2D eigenvalue weighted by Gasteiger charge is -2.38. The molecule has 352 valence electrons. The van der Waals surface area contributed by atoms with Gasteiger partial charge in [0.05, 0.1) is 35.9 Å². The molecule has 2 saturated heterocycles. The van der Waals surface area contributed by atoms with E-state index < -0.39 is 85.3 Å². The van der Waals surface area contributed by atoms with Crippen molar-refractivity contribution < 1.29 is 55.0 Å². The number of carbonyl (C=O) groups is 4. The third-order valence-corrected chi connectivity index (χ3v) is 15.8. The normalized spacial score (nSPS) is 27.9. The van der Waals surface area contributed by atoms with Crippen LogP contribution in [0.2, 0.25) is 0 Å². The van der Waals surface area contributed by atoms with E-state index in [-0.39, 0.29) is 55.8 Å². The van der Waals surface area contributed by atoms with Crippen molar-refractivity contribution in [1.29, 1.82) is 0 Å². The molecule has 2 aliphatic carbocycles. The van der Waals surface area contributed by atoms with Gasteiger partial charge in [0.2, 0.25) is 21.8 Å². The fourth-order valence-corrected chi connectivity index (χ4v) is 10.6. The van der Waals surface area contributed by atoms with Crippen molar-refractivity contribution in [3.8, 4) is 23.3 Å². The van der Waals surface area contributed by atoms with Crippen molar-refractivity contribution in [2.24, 2.45) is 17.8 Å². The largest absolute Gasteiger partial charge is 0.493 e. The van der Waals surface area contributed by atoms with Gasteiger partial charge in [-0.25, -0.2) is 22.9 Å². The highest BCUT2D eigenvalue weighted by atomic mass is 32.2. The number of aryl methyl sites for hydroxylation is 1. The Hall–Kier alpha value is -5.09. The third kappa shape index (κ3) is 9.61. The molecular formula is C46H57F3N6O9S. The molecular weight excluding hydrogens is 870 g/mol. The first-order valence-electron chi connectivity index (χ1n) is 22.7. The van der Waals surface area contributed by atoms with Crippen molar-refractivity contribution in [3.05, 3.63) is 41.6 Å². The molecule has 5 atom stereocenters. The molecule has 4 aliphatic heterocycles. The predicted octanol–water partition coefficient (Wildman–Crippen LogP) is 5.05. The smallest absolute Gasteiger partial charge is 0.437 e. The topological polar surface area (TPSA) is 194 Å². The number of allylic oxidation sites excluding steroid dienone is 1. The van der Waals surface area contributed by atoms with Crippen LogP contribution in [0.1, 0.15) is 103 Å². The number of benzene rings is 1. The van der Waals surface area contributed by atoms with Crippen LogP contribution in [-0.4, -0.2) is 103 Å². The van der Waals surface area contributed by atoms with Gasteiger partial charge in [-0.15, -0.1) is 0 Å². The van der Waals surface area contributed by atoms with E-state index in [1.54, 1.807) is 24.3 Å². The number of nitrogens with zero attached hydrogens (tertiary/aromatic N) is 2. The zero-order chi connectivity index (χ0) is 46.4. The van der Waals surface area contributed by atoms with Gasteiger partial charge in [0.1, 0.15) is 23.4 Å². The van der Waals surface area contributed by atoms with Crippen LogP contribution in [0.3, 0.4) is 0 Å². The fourth-order valence-electron chi connectivity index (χ4n) is 9.29. The summed E-state index contributed by atoms with van der Waals surface area (Å²) in [5, 5.41) is 9.11. The summed E-state index contributed by atoms with van der Waals surface area (Å²) >= 11 is 0. The average Bonchev–Trinajstić information content (AvgIpc) is 3.93. The van der Waals surface area contributed by atoms with Crippen LogP contribution < -0.4 is 30.1 Å². The van der Waals surface area contributed by atoms with Crippen molar-refractivity contribution in [1.82, 2.24) is 30.6 Å². The number of pyridine rings is 1. The minimum atomic E-state index is -4.95. The average molecular weight is 927 g/mol. The molecule has 4 N–H and O–H groups in total. The number of nitrogens with one attached hydrogen (secondary N) is 4.